The predicted molar refractivity (Wildman–Crippen MR) is 83.6 cm³/mol. The van der Waals surface area contributed by atoms with Crippen LogP contribution in [0.1, 0.15) is 18.5 Å². The number of rotatable bonds is 3. The van der Waals surface area contributed by atoms with Crippen LogP contribution in [-0.2, 0) is 10.0 Å². The number of hydrogen-bond donors (Lipinski definition) is 1. The minimum atomic E-state index is -3.59. The Balaban J connectivity index is 2.25. The largest absolute Gasteiger partial charge is 0.324 e. The van der Waals surface area contributed by atoms with Gasteiger partial charge in [0.15, 0.2) is 0 Å². The second-order valence-electron chi connectivity index (χ2n) is 5.00. The Hall–Kier alpha value is -2.11. The van der Waals surface area contributed by atoms with Crippen LogP contribution in [0.25, 0.3) is 10.9 Å². The fourth-order valence-electron chi connectivity index (χ4n) is 2.48. The van der Waals surface area contributed by atoms with E-state index in [0.717, 1.165) is 10.9 Å². The van der Waals surface area contributed by atoms with Crippen molar-refractivity contribution >= 4 is 20.9 Å². The average molecular weight is 300 g/mol. The van der Waals surface area contributed by atoms with Gasteiger partial charge in [0, 0.05) is 17.6 Å². The highest BCUT2D eigenvalue weighted by Crippen LogP contribution is 2.27. The molecule has 21 heavy (non-hydrogen) atoms. The molecule has 5 heteroatoms. The van der Waals surface area contributed by atoms with E-state index in [1.54, 1.807) is 48.7 Å². The maximum absolute atomic E-state index is 12.7. The van der Waals surface area contributed by atoms with E-state index in [2.05, 4.69) is 0 Å². The average Bonchev–Trinajstić information content (AvgIpc) is 2.92. The molecule has 4 nitrogen and oxygen atoms in total. The fraction of sp³-hybridized carbons (Fsp3) is 0.125. The standard InChI is InChI=1S/C16H16N2O2S/c1-12(17)14-8-5-9-16-15(14)10-11-18(16)21(19,20)13-6-3-2-4-7-13/h2-12H,17H2,1H3. The van der Waals surface area contributed by atoms with E-state index in [1.807, 2.05) is 19.1 Å². The summed E-state index contributed by atoms with van der Waals surface area (Å²) in [5.74, 6) is 0. The molecule has 0 radical (unpaired) electrons. The van der Waals surface area contributed by atoms with Crippen molar-refractivity contribution in [3.8, 4) is 0 Å². The molecule has 3 aromatic rings. The summed E-state index contributed by atoms with van der Waals surface area (Å²) < 4.78 is 26.8. The zero-order valence-electron chi connectivity index (χ0n) is 11.6. The molecular weight excluding hydrogens is 284 g/mol. The van der Waals surface area contributed by atoms with Gasteiger partial charge >= 0.3 is 0 Å². The van der Waals surface area contributed by atoms with Gasteiger partial charge in [-0.25, -0.2) is 12.4 Å². The summed E-state index contributed by atoms with van der Waals surface area (Å²) in [5.41, 5.74) is 7.54. The Bertz CT molecular complexity index is 881. The van der Waals surface area contributed by atoms with Gasteiger partial charge in [0.25, 0.3) is 10.0 Å². The summed E-state index contributed by atoms with van der Waals surface area (Å²) in [4.78, 5) is 0.272. The molecule has 2 N–H and O–H groups in total. The predicted octanol–water partition coefficient (Wildman–Crippen LogP) is 2.90. The van der Waals surface area contributed by atoms with Gasteiger partial charge in [-0.2, -0.15) is 0 Å². The van der Waals surface area contributed by atoms with Crippen molar-refractivity contribution in [1.29, 1.82) is 0 Å². The smallest absolute Gasteiger partial charge is 0.268 e. The molecule has 1 atom stereocenters. The molecule has 0 aliphatic carbocycles. The van der Waals surface area contributed by atoms with Gasteiger partial charge in [-0.3, -0.25) is 0 Å². The molecular formula is C16H16N2O2S. The van der Waals surface area contributed by atoms with Crippen LogP contribution in [0.5, 0.6) is 0 Å². The van der Waals surface area contributed by atoms with Crippen molar-refractivity contribution < 1.29 is 8.42 Å². The molecule has 1 heterocycles. The number of aromatic nitrogens is 1. The van der Waals surface area contributed by atoms with E-state index < -0.39 is 10.0 Å². The molecule has 0 amide bonds. The fourth-order valence-corrected chi connectivity index (χ4v) is 3.85. The number of benzene rings is 2. The second kappa shape index (κ2) is 5.02. The summed E-state index contributed by atoms with van der Waals surface area (Å²) in [6.45, 7) is 1.89. The van der Waals surface area contributed by atoms with Crippen LogP contribution in [0.4, 0.5) is 0 Å². The minimum absolute atomic E-state index is 0.149. The molecule has 2 aromatic carbocycles. The summed E-state index contributed by atoms with van der Waals surface area (Å²) in [6.07, 6.45) is 1.58. The molecule has 0 saturated heterocycles. The van der Waals surface area contributed by atoms with E-state index in [-0.39, 0.29) is 10.9 Å². The zero-order valence-corrected chi connectivity index (χ0v) is 12.4. The van der Waals surface area contributed by atoms with E-state index in [1.165, 1.54) is 3.97 Å². The Morgan fingerprint density at radius 1 is 1.00 bits per heavy atom. The van der Waals surface area contributed by atoms with Crippen molar-refractivity contribution in [2.24, 2.45) is 5.73 Å². The van der Waals surface area contributed by atoms with E-state index in [0.29, 0.717) is 5.52 Å². The van der Waals surface area contributed by atoms with Gasteiger partial charge in [-0.05, 0) is 36.8 Å². The van der Waals surface area contributed by atoms with Gasteiger partial charge < -0.3 is 5.73 Å². The maximum atomic E-state index is 12.7. The van der Waals surface area contributed by atoms with Crippen molar-refractivity contribution in [2.75, 3.05) is 0 Å². The molecule has 0 bridgehead atoms. The summed E-state index contributed by atoms with van der Waals surface area (Å²) in [6, 6.07) is 15.6. The lowest BCUT2D eigenvalue weighted by Crippen LogP contribution is -2.12. The van der Waals surface area contributed by atoms with Crippen molar-refractivity contribution in [2.45, 2.75) is 17.9 Å². The summed E-state index contributed by atoms with van der Waals surface area (Å²) in [7, 11) is -3.59. The molecule has 0 aliphatic rings. The third kappa shape index (κ3) is 2.24. The van der Waals surface area contributed by atoms with E-state index in [9.17, 15) is 8.42 Å². The molecule has 0 fully saturated rings. The SMILES string of the molecule is CC(N)c1cccc2c1ccn2S(=O)(=O)c1ccccc1. The van der Waals surface area contributed by atoms with Crippen LogP contribution in [0.3, 0.4) is 0 Å². The first-order chi connectivity index (χ1) is 10.0. The highest BCUT2D eigenvalue weighted by atomic mass is 32.2. The molecule has 1 aromatic heterocycles. The van der Waals surface area contributed by atoms with Crippen LogP contribution in [0.15, 0.2) is 65.7 Å². The highest BCUT2D eigenvalue weighted by Gasteiger charge is 2.19. The lowest BCUT2D eigenvalue weighted by atomic mass is 10.1. The van der Waals surface area contributed by atoms with Crippen LogP contribution < -0.4 is 5.73 Å². The lowest BCUT2D eigenvalue weighted by Gasteiger charge is -2.10. The number of nitrogens with zero attached hydrogens (tertiary/aromatic N) is 1. The van der Waals surface area contributed by atoms with Crippen molar-refractivity contribution in [3.63, 3.8) is 0 Å². The Morgan fingerprint density at radius 3 is 2.38 bits per heavy atom. The van der Waals surface area contributed by atoms with Crippen molar-refractivity contribution in [3.05, 3.63) is 66.4 Å². The number of fused-ring (bicyclic) bond motifs is 1. The Morgan fingerprint density at radius 2 is 1.71 bits per heavy atom. The first-order valence-corrected chi connectivity index (χ1v) is 8.12. The van der Waals surface area contributed by atoms with E-state index >= 15 is 0 Å². The van der Waals surface area contributed by atoms with Gasteiger partial charge in [0.05, 0.1) is 10.4 Å². The highest BCUT2D eigenvalue weighted by molar-refractivity contribution is 7.90. The zero-order chi connectivity index (χ0) is 15.0. The molecule has 0 aliphatic heterocycles. The van der Waals surface area contributed by atoms with Crippen molar-refractivity contribution in [1.82, 2.24) is 3.97 Å². The quantitative estimate of drug-likeness (QED) is 0.809. The minimum Gasteiger partial charge on any atom is -0.324 e. The van der Waals surface area contributed by atoms with Gasteiger partial charge in [-0.1, -0.05) is 30.3 Å². The Labute approximate surface area is 123 Å². The van der Waals surface area contributed by atoms with E-state index in [4.69, 9.17) is 5.73 Å². The van der Waals surface area contributed by atoms with Crippen LogP contribution in [0.2, 0.25) is 0 Å². The normalized spacial score (nSPS) is 13.4. The summed E-state index contributed by atoms with van der Waals surface area (Å²) >= 11 is 0. The number of nitrogens with two attached hydrogens (primary N) is 1. The first-order valence-electron chi connectivity index (χ1n) is 6.68. The topological polar surface area (TPSA) is 65.1 Å². The van der Waals surface area contributed by atoms with Crippen LogP contribution >= 0.6 is 0 Å². The van der Waals surface area contributed by atoms with Gasteiger partial charge in [-0.15, -0.1) is 0 Å². The van der Waals surface area contributed by atoms with Crippen LogP contribution in [-0.4, -0.2) is 12.4 Å². The van der Waals surface area contributed by atoms with Gasteiger partial charge in [0.2, 0.25) is 0 Å². The maximum Gasteiger partial charge on any atom is 0.268 e. The molecule has 108 valence electrons. The second-order valence-corrected chi connectivity index (χ2v) is 6.81. The third-order valence-corrected chi connectivity index (χ3v) is 5.23. The van der Waals surface area contributed by atoms with Gasteiger partial charge in [0.1, 0.15) is 0 Å². The molecule has 0 saturated carbocycles. The molecule has 3 rings (SSSR count). The first kappa shape index (κ1) is 13.9. The molecule has 1 unspecified atom stereocenters. The summed E-state index contributed by atoms with van der Waals surface area (Å²) in [5, 5.41) is 0.868. The monoisotopic (exact) mass is 300 g/mol. The number of hydrogen-bond acceptors (Lipinski definition) is 3. The third-order valence-electron chi connectivity index (χ3n) is 3.52. The van der Waals surface area contributed by atoms with Crippen LogP contribution in [0, 0.1) is 0 Å². The lowest BCUT2D eigenvalue weighted by molar-refractivity contribution is 0.589. The molecule has 0 spiro atoms. The Kier molecular flexibility index (Phi) is 3.31.